The van der Waals surface area contributed by atoms with Crippen LogP contribution in [0.5, 0.6) is 5.75 Å². The molecule has 28 heavy (non-hydrogen) atoms. The van der Waals surface area contributed by atoms with Gasteiger partial charge in [0.05, 0.1) is 17.3 Å². The number of nitrogens with one attached hydrogen (secondary N) is 1. The Labute approximate surface area is 177 Å². The first-order valence-corrected chi connectivity index (χ1v) is 10.5. The fraction of sp³-hybridized carbons (Fsp3) is 0.350. The van der Waals surface area contributed by atoms with Crippen molar-refractivity contribution in [3.05, 3.63) is 34.4 Å². The maximum atomic E-state index is 12.7. The van der Waals surface area contributed by atoms with Gasteiger partial charge in [-0.15, -0.1) is 18.2 Å². The third-order valence-corrected chi connectivity index (χ3v) is 4.80. The van der Waals surface area contributed by atoms with E-state index in [1.807, 2.05) is 31.4 Å². The normalized spacial score (nSPS) is 12.6. The Kier molecular flexibility index (Phi) is 7.72. The minimum absolute atomic E-state index is 0.0728. The van der Waals surface area contributed by atoms with E-state index in [2.05, 4.69) is 37.3 Å². The van der Waals surface area contributed by atoms with Crippen LogP contribution in [0.3, 0.4) is 0 Å². The van der Waals surface area contributed by atoms with E-state index in [-0.39, 0.29) is 12.5 Å². The van der Waals surface area contributed by atoms with Gasteiger partial charge < -0.3 is 14.9 Å². The first kappa shape index (κ1) is 22.1. The third kappa shape index (κ3) is 6.14. The van der Waals surface area contributed by atoms with Gasteiger partial charge in [0.1, 0.15) is 5.75 Å². The zero-order valence-corrected chi connectivity index (χ0v) is 18.6. The average Bonchev–Trinajstić information content (AvgIpc) is 2.62. The molecular weight excluding hydrogens is 442 g/mol. The van der Waals surface area contributed by atoms with Crippen molar-refractivity contribution in [1.29, 1.82) is 0 Å². The lowest BCUT2D eigenvalue weighted by atomic mass is 10.1. The smallest absolute Gasteiger partial charge is 0.272 e. The number of fused-ring (bicyclic) bond motifs is 1. The second-order valence-corrected chi connectivity index (χ2v) is 8.39. The number of pyridine rings is 1. The molecule has 0 aliphatic rings. The molecule has 2 rings (SSSR count). The Bertz CT molecular complexity index is 925. The fourth-order valence-corrected chi connectivity index (χ4v) is 3.25. The number of thioether (sulfide) groups is 1. The van der Waals surface area contributed by atoms with E-state index in [1.165, 1.54) is 18.0 Å². The molecule has 6 nitrogen and oxygen atoms in total. The van der Waals surface area contributed by atoms with Gasteiger partial charge in [-0.05, 0) is 66.7 Å². The number of oxime groups is 1. The first-order chi connectivity index (χ1) is 13.3. The summed E-state index contributed by atoms with van der Waals surface area (Å²) >= 11 is 4.73. The molecule has 1 aromatic heterocycles. The van der Waals surface area contributed by atoms with Crippen molar-refractivity contribution in [3.8, 4) is 18.1 Å². The van der Waals surface area contributed by atoms with Crippen LogP contribution in [0.2, 0.25) is 0 Å². The summed E-state index contributed by atoms with van der Waals surface area (Å²) in [5, 5.41) is 7.58. The van der Waals surface area contributed by atoms with Gasteiger partial charge in [-0.3, -0.25) is 9.78 Å². The molecule has 1 aromatic carbocycles. The molecule has 0 aliphatic heterocycles. The predicted octanol–water partition coefficient (Wildman–Crippen LogP) is 3.90. The van der Waals surface area contributed by atoms with Crippen molar-refractivity contribution in [2.75, 3.05) is 12.9 Å². The largest absolute Gasteiger partial charge is 0.470 e. The van der Waals surface area contributed by atoms with Crippen LogP contribution in [0, 0.1) is 19.3 Å². The summed E-state index contributed by atoms with van der Waals surface area (Å²) < 4.78 is 6.83. The van der Waals surface area contributed by atoms with Crippen LogP contribution in [-0.2, 0) is 9.63 Å². The highest BCUT2D eigenvalue weighted by atomic mass is 79.9. The lowest BCUT2D eigenvalue weighted by Gasteiger charge is -2.24. The molecule has 148 valence electrons. The van der Waals surface area contributed by atoms with Gasteiger partial charge in [-0.2, -0.15) is 0 Å². The molecule has 0 aliphatic carbocycles. The summed E-state index contributed by atoms with van der Waals surface area (Å²) in [5.74, 6) is 2.64. The average molecular weight is 464 g/mol. The Balaban J connectivity index is 2.13. The van der Waals surface area contributed by atoms with Crippen molar-refractivity contribution in [1.82, 2.24) is 10.3 Å². The summed E-state index contributed by atoms with van der Waals surface area (Å²) in [6.45, 7) is 5.63. The molecule has 0 saturated heterocycles. The number of terminal acetylenes is 1. The van der Waals surface area contributed by atoms with E-state index >= 15 is 0 Å². The van der Waals surface area contributed by atoms with Crippen molar-refractivity contribution in [3.63, 3.8) is 0 Å². The number of benzene rings is 1. The van der Waals surface area contributed by atoms with Gasteiger partial charge in [0.2, 0.25) is 5.44 Å². The van der Waals surface area contributed by atoms with Crippen molar-refractivity contribution < 1.29 is 14.4 Å². The van der Waals surface area contributed by atoms with Crippen LogP contribution in [0.1, 0.15) is 19.4 Å². The second kappa shape index (κ2) is 9.80. The van der Waals surface area contributed by atoms with E-state index in [9.17, 15) is 4.79 Å². The summed E-state index contributed by atoms with van der Waals surface area (Å²) in [7, 11) is 0. The quantitative estimate of drug-likeness (QED) is 0.211. The van der Waals surface area contributed by atoms with Gasteiger partial charge in [0.15, 0.2) is 6.61 Å². The zero-order valence-electron chi connectivity index (χ0n) is 16.2. The molecule has 0 saturated carbocycles. The lowest BCUT2D eigenvalue weighted by molar-refractivity contribution is -0.125. The highest BCUT2D eigenvalue weighted by molar-refractivity contribution is 9.10. The molecule has 0 radical (unpaired) electrons. The van der Waals surface area contributed by atoms with Crippen molar-refractivity contribution in [2.45, 2.75) is 31.7 Å². The molecule has 0 fully saturated rings. The number of ether oxygens (including phenoxy) is 1. The van der Waals surface area contributed by atoms with E-state index in [0.717, 1.165) is 20.9 Å². The minimum atomic E-state index is -0.726. The summed E-state index contributed by atoms with van der Waals surface area (Å²) in [6, 6.07) is 5.71. The molecule has 1 amide bonds. The van der Waals surface area contributed by atoms with Gasteiger partial charge in [0.25, 0.3) is 5.91 Å². The van der Waals surface area contributed by atoms with Crippen molar-refractivity contribution >= 4 is 50.7 Å². The molecule has 8 heteroatoms. The van der Waals surface area contributed by atoms with Gasteiger partial charge in [-0.25, -0.2) is 0 Å². The number of amides is 1. The Morgan fingerprint density at radius 2 is 2.25 bits per heavy atom. The Morgan fingerprint density at radius 3 is 2.93 bits per heavy atom. The molecule has 1 unspecified atom stereocenters. The number of hydrogen-bond acceptors (Lipinski definition) is 6. The van der Waals surface area contributed by atoms with Crippen LogP contribution < -0.4 is 10.1 Å². The zero-order chi connectivity index (χ0) is 20.7. The van der Waals surface area contributed by atoms with Gasteiger partial charge >= 0.3 is 0 Å². The van der Waals surface area contributed by atoms with Crippen molar-refractivity contribution in [2.24, 2.45) is 5.16 Å². The summed E-state index contributed by atoms with van der Waals surface area (Å²) in [5.41, 5.74) is 0.413. The predicted molar refractivity (Wildman–Crippen MR) is 118 cm³/mol. The summed E-state index contributed by atoms with van der Waals surface area (Å²) in [4.78, 5) is 22.0. The lowest BCUT2D eigenvalue weighted by Crippen LogP contribution is -2.49. The Hall–Kier alpha value is -2.24. The maximum Gasteiger partial charge on any atom is 0.272 e. The second-order valence-electron chi connectivity index (χ2n) is 6.57. The van der Waals surface area contributed by atoms with Crippen LogP contribution in [-0.4, -0.2) is 40.9 Å². The van der Waals surface area contributed by atoms with Crippen LogP contribution >= 0.6 is 27.7 Å². The summed E-state index contributed by atoms with van der Waals surface area (Å²) in [6.07, 6.45) is 10.2. The van der Waals surface area contributed by atoms with E-state index in [4.69, 9.17) is 16.0 Å². The molecule has 2 aromatic rings. The van der Waals surface area contributed by atoms with E-state index in [1.54, 1.807) is 20.0 Å². The van der Waals surface area contributed by atoms with Crippen LogP contribution in [0.15, 0.2) is 34.0 Å². The highest BCUT2D eigenvalue weighted by Gasteiger charge is 2.26. The first-order valence-electron chi connectivity index (χ1n) is 8.43. The fourth-order valence-electron chi connectivity index (χ4n) is 2.42. The molecular formula is C20H22BrN3O3S. The van der Waals surface area contributed by atoms with Crippen LogP contribution in [0.4, 0.5) is 0 Å². The topological polar surface area (TPSA) is 72.8 Å². The molecule has 0 spiro atoms. The SMILES string of the molecule is C#CCON=CC(C)(C)NC(=O)C(Oc1cc(C)c2ncc(Br)cc2c1)SC. The third-order valence-electron chi connectivity index (χ3n) is 3.63. The number of hydrogen-bond donors (Lipinski definition) is 1. The van der Waals surface area contributed by atoms with Gasteiger partial charge in [0, 0.05) is 16.1 Å². The standard InChI is InChI=1S/C20H22BrN3O3S/c1-6-7-26-23-12-20(3,4)24-18(25)19(28-5)27-16-8-13(2)17-14(10-16)9-15(21)11-22-17/h1,8-12,19H,7H2,2-5H3,(H,24,25). The number of nitrogens with zero attached hydrogens (tertiary/aromatic N) is 2. The molecule has 0 bridgehead atoms. The monoisotopic (exact) mass is 463 g/mol. The maximum absolute atomic E-state index is 12.7. The van der Waals surface area contributed by atoms with Crippen LogP contribution in [0.25, 0.3) is 10.9 Å². The van der Waals surface area contributed by atoms with E-state index in [0.29, 0.717) is 5.75 Å². The number of halogens is 1. The molecule has 1 atom stereocenters. The number of carbonyl (C=O) groups is 1. The van der Waals surface area contributed by atoms with E-state index < -0.39 is 11.0 Å². The minimum Gasteiger partial charge on any atom is -0.470 e. The number of carbonyl (C=O) groups excluding carboxylic acids is 1. The Morgan fingerprint density at radius 1 is 1.50 bits per heavy atom. The highest BCUT2D eigenvalue weighted by Crippen LogP contribution is 2.27. The number of aryl methyl sites for hydroxylation is 1. The molecule has 1 N–H and O–H groups in total. The number of aromatic nitrogens is 1. The number of rotatable bonds is 8. The van der Waals surface area contributed by atoms with Gasteiger partial charge in [-0.1, -0.05) is 11.1 Å². The molecule has 1 heterocycles.